The molecule has 1 rings (SSSR count). The summed E-state index contributed by atoms with van der Waals surface area (Å²) in [7, 11) is 1.40. The van der Waals surface area contributed by atoms with Gasteiger partial charge in [-0.1, -0.05) is 0 Å². The van der Waals surface area contributed by atoms with Gasteiger partial charge < -0.3 is 14.4 Å². The number of nitrogens with zero attached hydrogens (tertiary/aromatic N) is 2. The Morgan fingerprint density at radius 3 is 2.44 bits per heavy atom. The molecule has 0 aromatic carbocycles. The fourth-order valence-corrected chi connectivity index (χ4v) is 0.994. The topological polar surface area (TPSA) is 83.6 Å². The maximum atomic E-state index is 11.8. The van der Waals surface area contributed by atoms with E-state index in [0.29, 0.717) is 5.76 Å². The van der Waals surface area contributed by atoms with Gasteiger partial charge in [0, 0.05) is 7.05 Å². The summed E-state index contributed by atoms with van der Waals surface area (Å²) >= 11 is 0. The molecule has 1 amide bonds. The number of hydrogen-bond acceptors (Lipinski definition) is 4. The fraction of sp³-hybridized carbons (Fsp3) is 0.500. The van der Waals surface area contributed by atoms with Crippen LogP contribution in [0.5, 0.6) is 0 Å². The first-order valence-corrected chi connectivity index (χ1v) is 4.71. The van der Waals surface area contributed by atoms with E-state index >= 15 is 0 Å². The summed E-state index contributed by atoms with van der Waals surface area (Å²) in [4.78, 5) is 27.6. The molecule has 16 heavy (non-hydrogen) atoms. The van der Waals surface area contributed by atoms with E-state index in [-0.39, 0.29) is 5.89 Å². The standard InChI is InChI=1S/C10H14N2O4/c1-6-5-11-7(16-6)8(13)12(4)10(2,3)9(14)15/h5H,1-4H3,(H,14,15). The smallest absolute Gasteiger partial charge is 0.329 e. The van der Waals surface area contributed by atoms with E-state index < -0.39 is 17.4 Å². The predicted molar refractivity (Wildman–Crippen MR) is 55.0 cm³/mol. The normalized spacial score (nSPS) is 11.2. The summed E-state index contributed by atoms with van der Waals surface area (Å²) in [5.41, 5.74) is -1.31. The Kier molecular flexibility index (Phi) is 3.02. The SMILES string of the molecule is Cc1cnc(C(=O)N(C)C(C)(C)C(=O)O)o1. The third-order valence-electron chi connectivity index (χ3n) is 2.47. The summed E-state index contributed by atoms with van der Waals surface area (Å²) in [6.45, 7) is 4.53. The van der Waals surface area contributed by atoms with Crippen molar-refractivity contribution in [2.24, 2.45) is 0 Å². The molecule has 6 heteroatoms. The predicted octanol–water partition coefficient (Wildman–Crippen LogP) is 0.918. The lowest BCUT2D eigenvalue weighted by atomic mass is 10.0. The van der Waals surface area contributed by atoms with Gasteiger partial charge in [-0.2, -0.15) is 0 Å². The zero-order valence-corrected chi connectivity index (χ0v) is 9.64. The highest BCUT2D eigenvalue weighted by atomic mass is 16.4. The molecule has 0 saturated heterocycles. The van der Waals surface area contributed by atoms with Gasteiger partial charge in [0.05, 0.1) is 6.20 Å². The Morgan fingerprint density at radius 1 is 1.50 bits per heavy atom. The van der Waals surface area contributed by atoms with Crippen LogP contribution in [-0.2, 0) is 4.79 Å². The largest absolute Gasteiger partial charge is 0.480 e. The van der Waals surface area contributed by atoms with Gasteiger partial charge in [-0.05, 0) is 20.8 Å². The van der Waals surface area contributed by atoms with E-state index in [1.807, 2.05) is 0 Å². The van der Waals surface area contributed by atoms with Gasteiger partial charge in [-0.3, -0.25) is 4.79 Å². The number of carboxylic acid groups (broad SMARTS) is 1. The van der Waals surface area contributed by atoms with Crippen molar-refractivity contribution in [3.05, 3.63) is 17.8 Å². The molecule has 0 spiro atoms. The van der Waals surface area contributed by atoms with Crippen molar-refractivity contribution in [1.29, 1.82) is 0 Å². The quantitative estimate of drug-likeness (QED) is 0.828. The number of rotatable bonds is 3. The molecule has 0 bridgehead atoms. The van der Waals surface area contributed by atoms with Gasteiger partial charge in [0.25, 0.3) is 5.89 Å². The van der Waals surface area contributed by atoms with Crippen LogP contribution >= 0.6 is 0 Å². The number of hydrogen-bond donors (Lipinski definition) is 1. The van der Waals surface area contributed by atoms with Crippen molar-refractivity contribution in [2.45, 2.75) is 26.3 Å². The van der Waals surface area contributed by atoms with Gasteiger partial charge >= 0.3 is 11.9 Å². The molecule has 0 aliphatic carbocycles. The van der Waals surface area contributed by atoms with Gasteiger partial charge in [0.2, 0.25) is 0 Å². The number of amides is 1. The highest BCUT2D eigenvalue weighted by Crippen LogP contribution is 2.16. The molecule has 0 aliphatic heterocycles. The minimum atomic E-state index is -1.31. The van der Waals surface area contributed by atoms with Gasteiger partial charge in [0.1, 0.15) is 11.3 Å². The number of carbonyl (C=O) groups excluding carboxylic acids is 1. The molecule has 6 nitrogen and oxygen atoms in total. The Labute approximate surface area is 92.9 Å². The number of oxazole rings is 1. The summed E-state index contributed by atoms with van der Waals surface area (Å²) in [6, 6.07) is 0. The number of likely N-dealkylation sites (N-methyl/N-ethyl adjacent to an activating group) is 1. The highest BCUT2D eigenvalue weighted by molar-refractivity contribution is 5.94. The second-order valence-electron chi connectivity index (χ2n) is 4.00. The van der Waals surface area contributed by atoms with Crippen molar-refractivity contribution >= 4 is 11.9 Å². The molecule has 1 aromatic heterocycles. The minimum absolute atomic E-state index is 0.102. The lowest BCUT2D eigenvalue weighted by Gasteiger charge is -2.30. The third-order valence-corrected chi connectivity index (χ3v) is 2.47. The fourth-order valence-electron chi connectivity index (χ4n) is 0.994. The minimum Gasteiger partial charge on any atom is -0.480 e. The summed E-state index contributed by atoms with van der Waals surface area (Å²) in [5.74, 6) is -1.24. The summed E-state index contributed by atoms with van der Waals surface area (Å²) in [5, 5.41) is 8.97. The molecule has 0 aliphatic rings. The van der Waals surface area contributed by atoms with Crippen LogP contribution in [0.3, 0.4) is 0 Å². The van der Waals surface area contributed by atoms with E-state index in [9.17, 15) is 9.59 Å². The van der Waals surface area contributed by atoms with Crippen LogP contribution < -0.4 is 0 Å². The molecule has 1 aromatic rings. The van der Waals surface area contributed by atoms with E-state index in [1.165, 1.54) is 27.1 Å². The highest BCUT2D eigenvalue weighted by Gasteiger charge is 2.37. The van der Waals surface area contributed by atoms with E-state index in [2.05, 4.69) is 4.98 Å². The molecule has 0 unspecified atom stereocenters. The number of aromatic nitrogens is 1. The van der Waals surface area contributed by atoms with Crippen molar-refractivity contribution in [3.63, 3.8) is 0 Å². The Morgan fingerprint density at radius 2 is 2.06 bits per heavy atom. The molecule has 0 atom stereocenters. The Bertz CT molecular complexity index is 422. The first kappa shape index (κ1) is 12.2. The number of carbonyl (C=O) groups is 2. The first-order chi connectivity index (χ1) is 7.26. The second kappa shape index (κ2) is 3.96. The zero-order chi connectivity index (χ0) is 12.5. The average molecular weight is 226 g/mol. The lowest BCUT2D eigenvalue weighted by Crippen LogP contribution is -2.50. The number of carboxylic acids is 1. The maximum Gasteiger partial charge on any atom is 0.329 e. The van der Waals surface area contributed by atoms with Crippen molar-refractivity contribution in [1.82, 2.24) is 9.88 Å². The van der Waals surface area contributed by atoms with Crippen LogP contribution in [0.15, 0.2) is 10.6 Å². The van der Waals surface area contributed by atoms with Gasteiger partial charge in [-0.25, -0.2) is 9.78 Å². The molecular weight excluding hydrogens is 212 g/mol. The molecular formula is C10H14N2O4. The monoisotopic (exact) mass is 226 g/mol. The van der Waals surface area contributed by atoms with Crippen LogP contribution in [-0.4, -0.2) is 39.5 Å². The molecule has 0 radical (unpaired) electrons. The number of aryl methyl sites for hydroxylation is 1. The maximum absolute atomic E-state index is 11.8. The van der Waals surface area contributed by atoms with Crippen LogP contribution in [0.2, 0.25) is 0 Å². The van der Waals surface area contributed by atoms with E-state index in [0.717, 1.165) is 4.90 Å². The van der Waals surface area contributed by atoms with Gasteiger partial charge in [-0.15, -0.1) is 0 Å². The zero-order valence-electron chi connectivity index (χ0n) is 9.64. The van der Waals surface area contributed by atoms with Crippen LogP contribution in [0.25, 0.3) is 0 Å². The van der Waals surface area contributed by atoms with Gasteiger partial charge in [0.15, 0.2) is 0 Å². The van der Waals surface area contributed by atoms with E-state index in [1.54, 1.807) is 6.92 Å². The average Bonchev–Trinajstić information content (AvgIpc) is 2.62. The molecule has 88 valence electrons. The van der Waals surface area contributed by atoms with Crippen molar-refractivity contribution in [3.8, 4) is 0 Å². The second-order valence-corrected chi connectivity index (χ2v) is 4.00. The third kappa shape index (κ3) is 2.05. The van der Waals surface area contributed by atoms with Crippen LogP contribution in [0, 0.1) is 6.92 Å². The number of aliphatic carboxylic acids is 1. The van der Waals surface area contributed by atoms with Crippen molar-refractivity contribution < 1.29 is 19.1 Å². The van der Waals surface area contributed by atoms with E-state index in [4.69, 9.17) is 9.52 Å². The molecule has 1 heterocycles. The van der Waals surface area contributed by atoms with Crippen LogP contribution in [0.1, 0.15) is 30.3 Å². The Balaban J connectivity index is 2.95. The van der Waals surface area contributed by atoms with Crippen LogP contribution in [0.4, 0.5) is 0 Å². The Hall–Kier alpha value is -1.85. The molecule has 0 fully saturated rings. The molecule has 0 saturated carbocycles. The summed E-state index contributed by atoms with van der Waals surface area (Å²) < 4.78 is 5.05. The first-order valence-electron chi connectivity index (χ1n) is 4.71. The van der Waals surface area contributed by atoms with Crippen molar-refractivity contribution in [2.75, 3.05) is 7.05 Å². The summed E-state index contributed by atoms with van der Waals surface area (Å²) in [6.07, 6.45) is 1.41. The lowest BCUT2D eigenvalue weighted by molar-refractivity contribution is -0.147. The molecule has 1 N–H and O–H groups in total.